The zero-order chi connectivity index (χ0) is 13.2. The van der Waals surface area contributed by atoms with Gasteiger partial charge in [0.1, 0.15) is 5.76 Å². The molecule has 1 unspecified atom stereocenters. The van der Waals surface area contributed by atoms with E-state index in [1.807, 2.05) is 0 Å². The topological polar surface area (TPSA) is 62.5 Å². The van der Waals surface area contributed by atoms with Gasteiger partial charge in [-0.15, -0.1) is 0 Å². The predicted molar refractivity (Wildman–Crippen MR) is 71.4 cm³/mol. The van der Waals surface area contributed by atoms with Crippen molar-refractivity contribution in [3.05, 3.63) is 22.6 Å². The average Bonchev–Trinajstić information content (AvgIpc) is 2.77. The van der Waals surface area contributed by atoms with E-state index in [0.29, 0.717) is 10.4 Å². The highest BCUT2D eigenvalue weighted by molar-refractivity contribution is 9.10. The number of aliphatic carboxylic acids is 1. The van der Waals surface area contributed by atoms with Crippen LogP contribution in [0.3, 0.4) is 0 Å². The molecule has 0 saturated heterocycles. The minimum Gasteiger partial charge on any atom is -0.480 e. The zero-order valence-corrected chi connectivity index (χ0v) is 12.0. The van der Waals surface area contributed by atoms with E-state index in [0.717, 1.165) is 25.7 Å². The van der Waals surface area contributed by atoms with Crippen molar-refractivity contribution < 1.29 is 14.3 Å². The summed E-state index contributed by atoms with van der Waals surface area (Å²) in [5.41, 5.74) is -1.16. The summed E-state index contributed by atoms with van der Waals surface area (Å²) < 4.78 is 5.98. The maximum atomic E-state index is 11.6. The molecule has 1 aliphatic carbocycles. The van der Waals surface area contributed by atoms with Crippen molar-refractivity contribution in [1.29, 1.82) is 0 Å². The summed E-state index contributed by atoms with van der Waals surface area (Å²) >= 11 is 3.21. The zero-order valence-electron chi connectivity index (χ0n) is 10.4. The fourth-order valence-electron chi connectivity index (χ4n) is 2.48. The molecule has 5 heteroatoms. The molecular formula is C13H18BrNO3. The van der Waals surface area contributed by atoms with E-state index in [1.54, 1.807) is 19.1 Å². The number of carboxylic acid groups (broad SMARTS) is 1. The third-order valence-corrected chi connectivity index (χ3v) is 4.02. The lowest BCUT2D eigenvalue weighted by molar-refractivity contribution is -0.146. The molecule has 0 bridgehead atoms. The van der Waals surface area contributed by atoms with Crippen LogP contribution in [0.25, 0.3) is 0 Å². The second kappa shape index (κ2) is 5.45. The SMILES string of the molecule is CC(NC1CCCCC1)(C(=O)O)c1ccc(Br)o1. The Morgan fingerprint density at radius 3 is 2.61 bits per heavy atom. The van der Waals surface area contributed by atoms with Gasteiger partial charge in [-0.1, -0.05) is 19.3 Å². The summed E-state index contributed by atoms with van der Waals surface area (Å²) in [6.45, 7) is 1.66. The fraction of sp³-hybridized carbons (Fsp3) is 0.615. The lowest BCUT2D eigenvalue weighted by Gasteiger charge is -2.32. The Labute approximate surface area is 115 Å². The molecule has 1 saturated carbocycles. The smallest absolute Gasteiger partial charge is 0.331 e. The van der Waals surface area contributed by atoms with E-state index in [4.69, 9.17) is 4.42 Å². The number of carbonyl (C=O) groups is 1. The number of hydrogen-bond acceptors (Lipinski definition) is 3. The first-order valence-electron chi connectivity index (χ1n) is 6.29. The lowest BCUT2D eigenvalue weighted by Crippen LogP contribution is -2.51. The first kappa shape index (κ1) is 13.6. The molecule has 0 aromatic carbocycles. The third kappa shape index (κ3) is 2.78. The Balaban J connectivity index is 2.18. The van der Waals surface area contributed by atoms with Crippen LogP contribution in [0, 0.1) is 0 Å². The molecule has 100 valence electrons. The van der Waals surface area contributed by atoms with Crippen LogP contribution in [-0.4, -0.2) is 17.1 Å². The van der Waals surface area contributed by atoms with Crippen molar-refractivity contribution in [2.75, 3.05) is 0 Å². The van der Waals surface area contributed by atoms with E-state index in [-0.39, 0.29) is 6.04 Å². The van der Waals surface area contributed by atoms with Crippen LogP contribution in [0.15, 0.2) is 21.2 Å². The average molecular weight is 316 g/mol. The van der Waals surface area contributed by atoms with E-state index in [1.165, 1.54) is 6.42 Å². The number of hydrogen-bond donors (Lipinski definition) is 2. The van der Waals surface area contributed by atoms with Crippen LogP contribution < -0.4 is 5.32 Å². The Morgan fingerprint density at radius 2 is 2.11 bits per heavy atom. The van der Waals surface area contributed by atoms with Crippen LogP contribution in [0.1, 0.15) is 44.8 Å². The third-order valence-electron chi connectivity index (χ3n) is 3.59. The van der Waals surface area contributed by atoms with E-state index < -0.39 is 11.5 Å². The van der Waals surface area contributed by atoms with Gasteiger partial charge in [0, 0.05) is 6.04 Å². The van der Waals surface area contributed by atoms with Crippen molar-refractivity contribution in [2.45, 2.75) is 50.6 Å². The molecule has 0 radical (unpaired) electrons. The molecule has 2 N–H and O–H groups in total. The van der Waals surface area contributed by atoms with Gasteiger partial charge < -0.3 is 9.52 Å². The molecule has 1 aliphatic rings. The van der Waals surface area contributed by atoms with Gasteiger partial charge in [0.05, 0.1) is 0 Å². The van der Waals surface area contributed by atoms with Gasteiger partial charge in [0.2, 0.25) is 0 Å². The summed E-state index contributed by atoms with van der Waals surface area (Å²) in [4.78, 5) is 11.6. The van der Waals surface area contributed by atoms with E-state index in [9.17, 15) is 9.90 Å². The molecule has 1 heterocycles. The molecule has 0 amide bonds. The van der Waals surface area contributed by atoms with Crippen molar-refractivity contribution in [2.24, 2.45) is 0 Å². The van der Waals surface area contributed by atoms with Gasteiger partial charge in [-0.2, -0.15) is 0 Å². The predicted octanol–water partition coefficient (Wildman–Crippen LogP) is 3.26. The first-order valence-corrected chi connectivity index (χ1v) is 7.08. The number of halogens is 1. The first-order chi connectivity index (χ1) is 8.52. The van der Waals surface area contributed by atoms with Gasteiger partial charge in [-0.05, 0) is 47.8 Å². The Morgan fingerprint density at radius 1 is 1.44 bits per heavy atom. The summed E-state index contributed by atoms with van der Waals surface area (Å²) in [5, 5.41) is 12.7. The minimum absolute atomic E-state index is 0.253. The summed E-state index contributed by atoms with van der Waals surface area (Å²) in [5.74, 6) is -0.470. The Bertz CT molecular complexity index is 426. The maximum absolute atomic E-state index is 11.6. The molecule has 1 fully saturated rings. The van der Waals surface area contributed by atoms with Crippen LogP contribution in [0.5, 0.6) is 0 Å². The molecule has 18 heavy (non-hydrogen) atoms. The van der Waals surface area contributed by atoms with Crippen molar-refractivity contribution >= 4 is 21.9 Å². The highest BCUT2D eigenvalue weighted by Gasteiger charge is 2.40. The second-order valence-electron chi connectivity index (χ2n) is 5.01. The van der Waals surface area contributed by atoms with Crippen LogP contribution in [0.2, 0.25) is 0 Å². The number of nitrogens with one attached hydrogen (secondary N) is 1. The highest BCUT2D eigenvalue weighted by atomic mass is 79.9. The summed E-state index contributed by atoms with van der Waals surface area (Å²) in [6, 6.07) is 3.68. The maximum Gasteiger partial charge on any atom is 0.331 e. The molecular weight excluding hydrogens is 298 g/mol. The molecule has 0 aliphatic heterocycles. The number of carboxylic acids is 1. The van der Waals surface area contributed by atoms with Crippen LogP contribution in [0.4, 0.5) is 0 Å². The minimum atomic E-state index is -1.16. The highest BCUT2D eigenvalue weighted by Crippen LogP contribution is 2.29. The van der Waals surface area contributed by atoms with Gasteiger partial charge in [-0.3, -0.25) is 5.32 Å². The fourth-order valence-corrected chi connectivity index (χ4v) is 2.78. The Hall–Kier alpha value is -0.810. The largest absolute Gasteiger partial charge is 0.480 e. The lowest BCUT2D eigenvalue weighted by atomic mass is 9.91. The van der Waals surface area contributed by atoms with Crippen molar-refractivity contribution in [3.63, 3.8) is 0 Å². The molecule has 1 aromatic rings. The second-order valence-corrected chi connectivity index (χ2v) is 5.79. The normalized spacial score (nSPS) is 20.6. The molecule has 4 nitrogen and oxygen atoms in total. The number of furan rings is 1. The quantitative estimate of drug-likeness (QED) is 0.895. The van der Waals surface area contributed by atoms with Gasteiger partial charge >= 0.3 is 5.97 Å². The molecule has 1 atom stereocenters. The number of rotatable bonds is 4. The molecule has 0 spiro atoms. The van der Waals surface area contributed by atoms with E-state index >= 15 is 0 Å². The monoisotopic (exact) mass is 315 g/mol. The molecule has 1 aromatic heterocycles. The molecule has 2 rings (SSSR count). The standard InChI is InChI=1S/C13H18BrNO3/c1-13(12(16)17,10-7-8-11(14)18-10)15-9-5-3-2-4-6-9/h7-9,15H,2-6H2,1H3,(H,16,17). The van der Waals surface area contributed by atoms with Gasteiger partial charge in [0.15, 0.2) is 10.2 Å². The van der Waals surface area contributed by atoms with Crippen molar-refractivity contribution in [1.82, 2.24) is 5.32 Å². The summed E-state index contributed by atoms with van der Waals surface area (Å²) in [6.07, 6.45) is 5.63. The summed E-state index contributed by atoms with van der Waals surface area (Å²) in [7, 11) is 0. The van der Waals surface area contributed by atoms with Gasteiger partial charge in [-0.25, -0.2) is 4.79 Å². The van der Waals surface area contributed by atoms with Crippen LogP contribution >= 0.6 is 15.9 Å². The van der Waals surface area contributed by atoms with Crippen LogP contribution in [-0.2, 0) is 10.3 Å². The Kier molecular flexibility index (Phi) is 4.12. The van der Waals surface area contributed by atoms with Crippen molar-refractivity contribution in [3.8, 4) is 0 Å². The van der Waals surface area contributed by atoms with E-state index in [2.05, 4.69) is 21.2 Å². The van der Waals surface area contributed by atoms with Gasteiger partial charge in [0.25, 0.3) is 0 Å².